The number of aryl methyl sites for hydroxylation is 2. The average molecular weight is 385 g/mol. The fraction of sp³-hybridized carbons (Fsp3) is 0.688. The number of rotatable bonds is 2. The van der Waals surface area contributed by atoms with Crippen molar-refractivity contribution in [1.29, 1.82) is 0 Å². The quantitative estimate of drug-likeness (QED) is 0.787. The van der Waals surface area contributed by atoms with Crippen molar-refractivity contribution in [3.63, 3.8) is 0 Å². The van der Waals surface area contributed by atoms with Crippen LogP contribution in [0.2, 0.25) is 0 Å². The number of Topliss-reactive ketones (excluding diaryl/α,β-unsaturated/α-hetero) is 1. The lowest BCUT2D eigenvalue weighted by atomic mass is 9.64. The Balaban J connectivity index is 1.99. The molecule has 120 valence electrons. The molecule has 22 heavy (non-hydrogen) atoms. The van der Waals surface area contributed by atoms with Gasteiger partial charge >= 0.3 is 0 Å². The number of halogens is 1. The summed E-state index contributed by atoms with van der Waals surface area (Å²) in [5.41, 5.74) is -0.581. The van der Waals surface area contributed by atoms with Gasteiger partial charge in [0, 0.05) is 10.3 Å². The summed E-state index contributed by atoms with van der Waals surface area (Å²) in [4.78, 5) is 30.9. The minimum atomic E-state index is -0.702. The molecule has 3 atom stereocenters. The molecule has 2 aliphatic rings. The van der Waals surface area contributed by atoms with E-state index < -0.39 is 15.7 Å². The van der Waals surface area contributed by atoms with Gasteiger partial charge in [-0.1, -0.05) is 36.7 Å². The number of nitrogens with one attached hydrogen (secondary N) is 1. The third kappa shape index (κ3) is 1.65. The zero-order chi connectivity index (χ0) is 16.5. The number of amides is 1. The van der Waals surface area contributed by atoms with Gasteiger partial charge in [0.2, 0.25) is 5.91 Å². The third-order valence-electron chi connectivity index (χ3n) is 6.37. The van der Waals surface area contributed by atoms with Crippen LogP contribution in [0.5, 0.6) is 0 Å². The Kier molecular flexibility index (Phi) is 3.39. The molecule has 1 aromatic rings. The fourth-order valence-corrected chi connectivity index (χ4v) is 6.51. The number of thiazole rings is 1. The number of carbonyl (C=O) groups is 2. The molecule has 4 nitrogen and oxygen atoms in total. The summed E-state index contributed by atoms with van der Waals surface area (Å²) in [5, 5.41) is 3.60. The van der Waals surface area contributed by atoms with E-state index in [1.807, 2.05) is 20.8 Å². The highest BCUT2D eigenvalue weighted by Crippen LogP contribution is 2.72. The van der Waals surface area contributed by atoms with Crippen molar-refractivity contribution < 1.29 is 9.59 Å². The second kappa shape index (κ2) is 4.63. The van der Waals surface area contributed by atoms with E-state index in [2.05, 4.69) is 40.1 Å². The highest BCUT2D eigenvalue weighted by Gasteiger charge is 2.76. The van der Waals surface area contributed by atoms with Crippen molar-refractivity contribution in [1.82, 2.24) is 4.98 Å². The smallest absolute Gasteiger partial charge is 0.234 e. The maximum atomic E-state index is 13.1. The molecule has 1 N–H and O–H groups in total. The number of hydrogen-bond acceptors (Lipinski definition) is 4. The van der Waals surface area contributed by atoms with Crippen LogP contribution in [-0.4, -0.2) is 21.5 Å². The summed E-state index contributed by atoms with van der Waals surface area (Å²) >= 11 is 5.02. The molecule has 2 bridgehead atoms. The van der Waals surface area contributed by atoms with Crippen molar-refractivity contribution in [2.45, 2.75) is 52.3 Å². The van der Waals surface area contributed by atoms with Gasteiger partial charge < -0.3 is 5.32 Å². The highest BCUT2D eigenvalue weighted by atomic mass is 79.9. The van der Waals surface area contributed by atoms with Crippen molar-refractivity contribution in [3.8, 4) is 0 Å². The molecule has 0 saturated heterocycles. The van der Waals surface area contributed by atoms with Gasteiger partial charge in [0.25, 0.3) is 0 Å². The standard InChI is InChI=1S/C16H21BrN2O2S/c1-8-9(2)22-13(18-8)19-12(21)16-7-6-15(5,14(16,3)4)11(20)10(16)17/h10H,6-7H2,1-5H3,(H,18,19,21)/t10-,15-,16-/m0/s1. The fourth-order valence-electron chi connectivity index (χ4n) is 4.19. The molecular weight excluding hydrogens is 364 g/mol. The predicted molar refractivity (Wildman–Crippen MR) is 91.5 cm³/mol. The number of carbonyl (C=O) groups excluding carboxylic acids is 2. The molecular formula is C16H21BrN2O2S. The summed E-state index contributed by atoms with van der Waals surface area (Å²) in [6, 6.07) is 0. The van der Waals surface area contributed by atoms with Gasteiger partial charge in [-0.15, -0.1) is 11.3 Å². The SMILES string of the molecule is Cc1nc(NC(=O)[C@]23CC[C@@](C)(C(=O)[C@@H]2Br)C3(C)C)sc1C. The van der Waals surface area contributed by atoms with E-state index in [1.54, 1.807) is 0 Å². The van der Waals surface area contributed by atoms with E-state index in [1.165, 1.54) is 11.3 Å². The Morgan fingerprint density at radius 1 is 1.32 bits per heavy atom. The summed E-state index contributed by atoms with van der Waals surface area (Å²) < 4.78 is 0. The number of ketones is 1. The Bertz CT molecular complexity index is 664. The molecule has 0 unspecified atom stereocenters. The van der Waals surface area contributed by atoms with E-state index >= 15 is 0 Å². The van der Waals surface area contributed by atoms with Gasteiger partial charge in [-0.2, -0.15) is 0 Å². The first-order valence-electron chi connectivity index (χ1n) is 7.52. The number of aromatic nitrogens is 1. The van der Waals surface area contributed by atoms with E-state index in [-0.39, 0.29) is 17.1 Å². The van der Waals surface area contributed by atoms with E-state index in [4.69, 9.17) is 0 Å². The predicted octanol–water partition coefficient (Wildman–Crippen LogP) is 3.86. The largest absolute Gasteiger partial charge is 0.301 e. The van der Waals surface area contributed by atoms with Crippen LogP contribution in [0.15, 0.2) is 0 Å². The molecule has 1 amide bonds. The Morgan fingerprint density at radius 2 is 1.95 bits per heavy atom. The van der Waals surface area contributed by atoms with Crippen molar-refractivity contribution in [2.75, 3.05) is 5.32 Å². The lowest BCUT2D eigenvalue weighted by Crippen LogP contribution is -2.47. The molecule has 2 fully saturated rings. The topological polar surface area (TPSA) is 59.1 Å². The molecule has 6 heteroatoms. The molecule has 3 rings (SSSR count). The number of nitrogens with zero attached hydrogens (tertiary/aromatic N) is 1. The first-order valence-corrected chi connectivity index (χ1v) is 9.25. The van der Waals surface area contributed by atoms with Gasteiger partial charge in [0.1, 0.15) is 0 Å². The average Bonchev–Trinajstić information content (AvgIpc) is 2.88. The highest BCUT2D eigenvalue weighted by molar-refractivity contribution is 9.10. The lowest BCUT2D eigenvalue weighted by Gasteiger charge is -2.39. The van der Waals surface area contributed by atoms with Crippen LogP contribution in [0.1, 0.15) is 44.2 Å². The molecule has 1 aromatic heterocycles. The van der Waals surface area contributed by atoms with Crippen LogP contribution in [0.3, 0.4) is 0 Å². The minimum absolute atomic E-state index is 0.0808. The van der Waals surface area contributed by atoms with Gasteiger partial charge in [0.05, 0.1) is 15.9 Å². The van der Waals surface area contributed by atoms with Crippen LogP contribution in [-0.2, 0) is 9.59 Å². The van der Waals surface area contributed by atoms with Crippen LogP contribution in [0.25, 0.3) is 0 Å². The summed E-state index contributed by atoms with van der Waals surface area (Å²) in [6.07, 6.45) is 1.50. The molecule has 2 aliphatic carbocycles. The van der Waals surface area contributed by atoms with Crippen molar-refractivity contribution >= 4 is 44.1 Å². The Hall–Kier alpha value is -0.750. The number of hydrogen-bond donors (Lipinski definition) is 1. The third-order valence-corrected chi connectivity index (χ3v) is 8.56. The number of fused-ring (bicyclic) bond motifs is 2. The van der Waals surface area contributed by atoms with Gasteiger partial charge in [0.15, 0.2) is 10.9 Å². The second-order valence-electron chi connectivity index (χ2n) is 7.27. The van der Waals surface area contributed by atoms with E-state index in [0.717, 1.165) is 23.4 Å². The molecule has 0 spiro atoms. The summed E-state index contributed by atoms with van der Waals surface area (Å²) in [7, 11) is 0. The van der Waals surface area contributed by atoms with Gasteiger partial charge in [-0.05, 0) is 32.1 Å². The number of alkyl halides is 1. The molecule has 0 aromatic carbocycles. The van der Waals surface area contributed by atoms with Crippen LogP contribution < -0.4 is 5.32 Å². The van der Waals surface area contributed by atoms with Crippen molar-refractivity contribution in [3.05, 3.63) is 10.6 Å². The lowest BCUT2D eigenvalue weighted by molar-refractivity contribution is -0.130. The normalized spacial score (nSPS) is 35.9. The Labute approximate surface area is 143 Å². The van der Waals surface area contributed by atoms with Crippen LogP contribution in [0, 0.1) is 30.1 Å². The minimum Gasteiger partial charge on any atom is -0.301 e. The molecule has 0 aliphatic heterocycles. The van der Waals surface area contributed by atoms with E-state index in [9.17, 15) is 9.59 Å². The van der Waals surface area contributed by atoms with Gasteiger partial charge in [-0.25, -0.2) is 4.98 Å². The molecule has 2 saturated carbocycles. The molecule has 1 heterocycles. The summed E-state index contributed by atoms with van der Waals surface area (Å²) in [6.45, 7) is 10.0. The van der Waals surface area contributed by atoms with Crippen molar-refractivity contribution in [2.24, 2.45) is 16.2 Å². The zero-order valence-corrected chi connectivity index (χ0v) is 15.9. The Morgan fingerprint density at radius 3 is 2.41 bits per heavy atom. The maximum absolute atomic E-state index is 13.1. The first-order chi connectivity index (χ1) is 10.1. The van der Waals surface area contributed by atoms with Crippen LogP contribution >= 0.6 is 27.3 Å². The summed E-state index contributed by atoms with van der Waals surface area (Å²) in [5.74, 6) is 0.0769. The van der Waals surface area contributed by atoms with Gasteiger partial charge in [-0.3, -0.25) is 9.59 Å². The second-order valence-corrected chi connectivity index (χ2v) is 9.39. The first kappa shape index (κ1) is 16.1. The molecule has 0 radical (unpaired) electrons. The van der Waals surface area contributed by atoms with Crippen LogP contribution in [0.4, 0.5) is 5.13 Å². The maximum Gasteiger partial charge on any atom is 0.234 e. The zero-order valence-electron chi connectivity index (χ0n) is 13.5. The monoisotopic (exact) mass is 384 g/mol. The van der Waals surface area contributed by atoms with E-state index in [0.29, 0.717) is 5.13 Å². The number of anilines is 1.